The molecule has 0 spiro atoms. The van der Waals surface area contributed by atoms with Crippen molar-refractivity contribution in [2.24, 2.45) is 0 Å². The van der Waals surface area contributed by atoms with Crippen molar-refractivity contribution in [1.82, 2.24) is 9.62 Å². The number of hydrogen-bond acceptors (Lipinski definition) is 3. The minimum atomic E-state index is -3.66. The van der Waals surface area contributed by atoms with E-state index in [0.717, 1.165) is 0 Å². The van der Waals surface area contributed by atoms with Gasteiger partial charge in [0.25, 0.3) is 5.91 Å². The first kappa shape index (κ1) is 17.7. The molecule has 7 heteroatoms. The number of sulfonamides is 1. The number of hydrogen-bond donors (Lipinski definition) is 1. The van der Waals surface area contributed by atoms with Gasteiger partial charge in [-0.3, -0.25) is 4.79 Å². The monoisotopic (exact) mass is 330 g/mol. The maximum absolute atomic E-state index is 12.4. The van der Waals surface area contributed by atoms with Gasteiger partial charge in [-0.1, -0.05) is 17.7 Å². The van der Waals surface area contributed by atoms with Gasteiger partial charge in [0.1, 0.15) is 0 Å². The van der Waals surface area contributed by atoms with Crippen molar-refractivity contribution in [3.63, 3.8) is 0 Å². The highest BCUT2D eigenvalue weighted by Gasteiger charge is 2.24. The van der Waals surface area contributed by atoms with Crippen molar-refractivity contribution in [1.29, 1.82) is 0 Å². The van der Waals surface area contributed by atoms with Crippen LogP contribution in [0.1, 0.15) is 24.2 Å². The maximum atomic E-state index is 12.4. The fourth-order valence-corrected chi connectivity index (χ4v) is 3.14. The molecule has 5 nitrogen and oxygen atoms in total. The summed E-state index contributed by atoms with van der Waals surface area (Å²) in [5.74, 6) is -0.441. The van der Waals surface area contributed by atoms with Crippen LogP contribution in [-0.4, -0.2) is 38.3 Å². The molecule has 1 aromatic carbocycles. The lowest BCUT2D eigenvalue weighted by molar-refractivity contribution is 0.0958. The van der Waals surface area contributed by atoms with Crippen LogP contribution in [0.3, 0.4) is 0 Å². The first-order valence-corrected chi connectivity index (χ1v) is 8.20. The molecule has 1 amide bonds. The van der Waals surface area contributed by atoms with E-state index in [1.165, 1.54) is 35.6 Å². The van der Waals surface area contributed by atoms with Gasteiger partial charge in [0.15, 0.2) is 0 Å². The summed E-state index contributed by atoms with van der Waals surface area (Å²) in [6.07, 6.45) is 1.53. The quantitative estimate of drug-likeness (QED) is 0.814. The molecule has 116 valence electrons. The van der Waals surface area contributed by atoms with Crippen LogP contribution < -0.4 is 5.32 Å². The van der Waals surface area contributed by atoms with E-state index in [0.29, 0.717) is 0 Å². The third kappa shape index (κ3) is 4.06. The summed E-state index contributed by atoms with van der Waals surface area (Å²) in [5.41, 5.74) is 0.122. The van der Waals surface area contributed by atoms with Gasteiger partial charge < -0.3 is 5.32 Å². The lowest BCUT2D eigenvalue weighted by Gasteiger charge is -2.21. The van der Waals surface area contributed by atoms with Crippen LogP contribution in [0.15, 0.2) is 35.7 Å². The highest BCUT2D eigenvalue weighted by atomic mass is 35.5. The number of nitrogens with one attached hydrogen (secondary N) is 1. The predicted molar refractivity (Wildman–Crippen MR) is 84.1 cm³/mol. The van der Waals surface area contributed by atoms with Crippen molar-refractivity contribution in [3.05, 3.63) is 41.4 Å². The molecule has 1 N–H and O–H groups in total. The van der Waals surface area contributed by atoms with E-state index in [1.807, 2.05) is 0 Å². The highest BCUT2D eigenvalue weighted by Crippen LogP contribution is 2.23. The molecule has 0 bridgehead atoms. The van der Waals surface area contributed by atoms with E-state index in [9.17, 15) is 13.2 Å². The van der Waals surface area contributed by atoms with Crippen LogP contribution in [0, 0.1) is 0 Å². The fraction of sp³-hybridized carbons (Fsp3) is 0.357. The number of carbonyl (C=O) groups is 1. The SMILES string of the molecule is C=CCNC(=O)c1cc(S(=O)(=O)N(C)C(C)C)ccc1Cl. The van der Waals surface area contributed by atoms with Crippen molar-refractivity contribution in [3.8, 4) is 0 Å². The third-order valence-electron chi connectivity index (χ3n) is 2.99. The summed E-state index contributed by atoms with van der Waals surface area (Å²) >= 11 is 5.97. The third-order valence-corrected chi connectivity index (χ3v) is 5.35. The second-order valence-corrected chi connectivity index (χ2v) is 7.16. The zero-order chi connectivity index (χ0) is 16.2. The molecule has 0 aromatic heterocycles. The molecule has 0 aliphatic heterocycles. The molecular formula is C14H19ClN2O3S. The Morgan fingerprint density at radius 1 is 1.48 bits per heavy atom. The number of benzene rings is 1. The van der Waals surface area contributed by atoms with E-state index >= 15 is 0 Å². The fourth-order valence-electron chi connectivity index (χ4n) is 1.54. The van der Waals surface area contributed by atoms with Crippen molar-refractivity contribution >= 4 is 27.5 Å². The van der Waals surface area contributed by atoms with Gasteiger partial charge in [0, 0.05) is 19.6 Å². The van der Waals surface area contributed by atoms with Gasteiger partial charge in [0.05, 0.1) is 15.5 Å². The Bertz CT molecular complexity index is 642. The van der Waals surface area contributed by atoms with Crippen molar-refractivity contribution in [2.75, 3.05) is 13.6 Å². The maximum Gasteiger partial charge on any atom is 0.253 e. The first-order chi connectivity index (χ1) is 9.71. The van der Waals surface area contributed by atoms with Crippen LogP contribution in [0.2, 0.25) is 5.02 Å². The predicted octanol–water partition coefficient (Wildman–Crippen LogP) is 2.28. The van der Waals surface area contributed by atoms with Gasteiger partial charge in [0.2, 0.25) is 10.0 Å². The van der Waals surface area contributed by atoms with Gasteiger partial charge in [-0.2, -0.15) is 4.31 Å². The largest absolute Gasteiger partial charge is 0.349 e. The molecule has 21 heavy (non-hydrogen) atoms. The number of nitrogens with zero attached hydrogens (tertiary/aromatic N) is 1. The van der Waals surface area contributed by atoms with Crippen LogP contribution in [0.5, 0.6) is 0 Å². The summed E-state index contributed by atoms with van der Waals surface area (Å²) < 4.78 is 26.1. The second-order valence-electron chi connectivity index (χ2n) is 4.76. The first-order valence-electron chi connectivity index (χ1n) is 6.38. The van der Waals surface area contributed by atoms with Crippen LogP contribution in [0.4, 0.5) is 0 Å². The van der Waals surface area contributed by atoms with Crippen LogP contribution in [0.25, 0.3) is 0 Å². The Kier molecular flexibility index (Phi) is 5.95. The number of rotatable bonds is 6. The lowest BCUT2D eigenvalue weighted by Crippen LogP contribution is -2.33. The molecule has 0 atom stereocenters. The lowest BCUT2D eigenvalue weighted by atomic mass is 10.2. The van der Waals surface area contributed by atoms with E-state index < -0.39 is 15.9 Å². The molecule has 0 aliphatic rings. The zero-order valence-corrected chi connectivity index (χ0v) is 13.8. The normalized spacial score (nSPS) is 11.7. The van der Waals surface area contributed by atoms with Crippen LogP contribution in [-0.2, 0) is 10.0 Å². The van der Waals surface area contributed by atoms with Gasteiger partial charge in [-0.05, 0) is 32.0 Å². The molecule has 0 unspecified atom stereocenters. The second kappa shape index (κ2) is 7.06. The summed E-state index contributed by atoms with van der Waals surface area (Å²) in [5, 5.41) is 2.77. The Balaban J connectivity index is 3.24. The van der Waals surface area contributed by atoms with Crippen molar-refractivity contribution < 1.29 is 13.2 Å². The molecule has 0 radical (unpaired) electrons. The van der Waals surface area contributed by atoms with E-state index in [4.69, 9.17) is 11.6 Å². The average Bonchev–Trinajstić information content (AvgIpc) is 2.43. The molecule has 0 saturated heterocycles. The highest BCUT2D eigenvalue weighted by molar-refractivity contribution is 7.89. The van der Waals surface area contributed by atoms with Gasteiger partial charge >= 0.3 is 0 Å². The number of amides is 1. The molecule has 0 heterocycles. The Morgan fingerprint density at radius 2 is 2.10 bits per heavy atom. The minimum absolute atomic E-state index is 0.0341. The standard InChI is InChI=1S/C14H19ClN2O3S/c1-5-8-16-14(18)12-9-11(6-7-13(12)15)21(19,20)17(4)10(2)3/h5-7,9-10H,1,8H2,2-4H3,(H,16,18). The van der Waals surface area contributed by atoms with Crippen molar-refractivity contribution in [2.45, 2.75) is 24.8 Å². The Morgan fingerprint density at radius 3 is 2.62 bits per heavy atom. The summed E-state index contributed by atoms with van der Waals surface area (Å²) in [6, 6.07) is 3.89. The van der Waals surface area contributed by atoms with E-state index in [1.54, 1.807) is 13.8 Å². The summed E-state index contributed by atoms with van der Waals surface area (Å²) in [7, 11) is -2.16. The number of halogens is 1. The van der Waals surface area contributed by atoms with Gasteiger partial charge in [-0.15, -0.1) is 6.58 Å². The molecule has 0 aliphatic carbocycles. The Labute approximate surface area is 130 Å². The summed E-state index contributed by atoms with van der Waals surface area (Å²) in [6.45, 7) is 7.31. The zero-order valence-electron chi connectivity index (χ0n) is 12.3. The molecule has 1 rings (SSSR count). The number of carbonyl (C=O) groups excluding carboxylic acids is 1. The van der Waals surface area contributed by atoms with E-state index in [2.05, 4.69) is 11.9 Å². The summed E-state index contributed by atoms with van der Waals surface area (Å²) in [4.78, 5) is 12.0. The van der Waals surface area contributed by atoms with Crippen LogP contribution >= 0.6 is 11.6 Å². The Hall–Kier alpha value is -1.37. The average molecular weight is 331 g/mol. The van der Waals surface area contributed by atoms with E-state index in [-0.39, 0.29) is 28.1 Å². The van der Waals surface area contributed by atoms with Gasteiger partial charge in [-0.25, -0.2) is 8.42 Å². The topological polar surface area (TPSA) is 66.5 Å². The molecule has 0 fully saturated rings. The minimum Gasteiger partial charge on any atom is -0.349 e. The molecule has 0 saturated carbocycles. The molecule has 1 aromatic rings. The molecular weight excluding hydrogens is 312 g/mol. The smallest absolute Gasteiger partial charge is 0.253 e.